The SMILES string of the molecule is CC1(C)c2ccccc2-c2ccc(N(c3ccccc3)c3ccc(C4(c5ccc(N(c6ccccc6)c6ccc(C7CC8CCC7C8)cc6)cc5)CCC(C(C)(C)C)CC4)cc3)cc21. The van der Waals surface area contributed by atoms with Crippen molar-refractivity contribution in [3.63, 3.8) is 0 Å². The lowest BCUT2D eigenvalue weighted by atomic mass is 9.59. The van der Waals surface area contributed by atoms with Gasteiger partial charge in [0.1, 0.15) is 0 Å². The average Bonchev–Trinajstić information content (AvgIpc) is 4.03. The number of anilines is 6. The van der Waals surface area contributed by atoms with Crippen molar-refractivity contribution in [1.82, 2.24) is 0 Å². The van der Waals surface area contributed by atoms with Crippen LogP contribution in [0.3, 0.4) is 0 Å². The lowest BCUT2D eigenvalue weighted by Crippen LogP contribution is -2.36. The molecule has 0 aromatic heterocycles. The van der Waals surface area contributed by atoms with Crippen LogP contribution in [-0.2, 0) is 10.8 Å². The monoisotopic (exact) mass is 837 g/mol. The fourth-order valence-electron chi connectivity index (χ4n) is 13.0. The second kappa shape index (κ2) is 16.0. The maximum Gasteiger partial charge on any atom is 0.0465 e. The van der Waals surface area contributed by atoms with Crippen LogP contribution >= 0.6 is 0 Å². The summed E-state index contributed by atoms with van der Waals surface area (Å²) in [5.74, 6) is 3.28. The highest BCUT2D eigenvalue weighted by Crippen LogP contribution is 2.55. The summed E-state index contributed by atoms with van der Waals surface area (Å²) < 4.78 is 0. The molecule has 7 aromatic carbocycles. The van der Waals surface area contributed by atoms with Crippen molar-refractivity contribution in [2.45, 2.75) is 103 Å². The van der Waals surface area contributed by atoms with Crippen LogP contribution in [0.25, 0.3) is 11.1 Å². The quantitative estimate of drug-likeness (QED) is 0.143. The Morgan fingerprint density at radius 1 is 0.453 bits per heavy atom. The minimum Gasteiger partial charge on any atom is -0.311 e. The smallest absolute Gasteiger partial charge is 0.0465 e. The Morgan fingerprint density at radius 2 is 0.938 bits per heavy atom. The molecular weight excluding hydrogens is 773 g/mol. The van der Waals surface area contributed by atoms with Gasteiger partial charge in [-0.25, -0.2) is 0 Å². The second-order valence-corrected chi connectivity index (χ2v) is 21.4. The van der Waals surface area contributed by atoms with Gasteiger partial charge < -0.3 is 9.80 Å². The molecule has 64 heavy (non-hydrogen) atoms. The minimum atomic E-state index is -0.0700. The van der Waals surface area contributed by atoms with Crippen molar-refractivity contribution in [1.29, 1.82) is 0 Å². The average molecular weight is 837 g/mol. The van der Waals surface area contributed by atoms with Gasteiger partial charge >= 0.3 is 0 Å². The zero-order valence-electron chi connectivity index (χ0n) is 38.6. The lowest BCUT2D eigenvalue weighted by Gasteiger charge is -2.45. The van der Waals surface area contributed by atoms with E-state index in [2.05, 4.69) is 220 Å². The van der Waals surface area contributed by atoms with Gasteiger partial charge in [0, 0.05) is 45.0 Å². The highest BCUT2D eigenvalue weighted by Gasteiger charge is 2.42. The molecule has 3 unspecified atom stereocenters. The van der Waals surface area contributed by atoms with Crippen molar-refractivity contribution in [3.05, 3.63) is 204 Å². The van der Waals surface area contributed by atoms with Gasteiger partial charge in [0.05, 0.1) is 0 Å². The number of fused-ring (bicyclic) bond motifs is 5. The van der Waals surface area contributed by atoms with E-state index in [4.69, 9.17) is 0 Å². The number of hydrogen-bond donors (Lipinski definition) is 0. The summed E-state index contributed by atoms with van der Waals surface area (Å²) in [7, 11) is 0. The Morgan fingerprint density at radius 3 is 1.47 bits per heavy atom. The van der Waals surface area contributed by atoms with E-state index in [1.807, 2.05) is 0 Å². The molecule has 2 bridgehead atoms. The Balaban J connectivity index is 0.945. The second-order valence-electron chi connectivity index (χ2n) is 21.4. The van der Waals surface area contributed by atoms with E-state index < -0.39 is 0 Å². The van der Waals surface area contributed by atoms with E-state index in [0.29, 0.717) is 11.3 Å². The van der Waals surface area contributed by atoms with Gasteiger partial charge in [-0.3, -0.25) is 0 Å². The highest BCUT2D eigenvalue weighted by molar-refractivity contribution is 5.85. The lowest BCUT2D eigenvalue weighted by molar-refractivity contribution is 0.146. The number of benzene rings is 7. The number of nitrogens with zero attached hydrogens (tertiary/aromatic N) is 2. The van der Waals surface area contributed by atoms with Crippen LogP contribution < -0.4 is 9.80 Å². The number of rotatable bonds is 9. The van der Waals surface area contributed by atoms with E-state index in [1.54, 1.807) is 0 Å². The first kappa shape index (κ1) is 40.9. The van der Waals surface area contributed by atoms with Crippen LogP contribution in [0, 0.1) is 23.2 Å². The summed E-state index contributed by atoms with van der Waals surface area (Å²) in [5.41, 5.74) is 17.2. The van der Waals surface area contributed by atoms with Crippen LogP contribution in [-0.4, -0.2) is 0 Å². The summed E-state index contributed by atoms with van der Waals surface area (Å²) in [6.45, 7) is 12.1. The molecule has 4 aliphatic carbocycles. The summed E-state index contributed by atoms with van der Waals surface area (Å²) >= 11 is 0. The van der Waals surface area contributed by atoms with E-state index >= 15 is 0 Å². The Hall–Kier alpha value is -5.86. The summed E-state index contributed by atoms with van der Waals surface area (Å²) in [6.07, 6.45) is 10.4. The Kier molecular flexibility index (Phi) is 10.2. The predicted molar refractivity (Wildman–Crippen MR) is 270 cm³/mol. The third-order valence-electron chi connectivity index (χ3n) is 16.6. The van der Waals surface area contributed by atoms with Gasteiger partial charge in [-0.05, 0) is 186 Å². The number of para-hydroxylation sites is 2. The van der Waals surface area contributed by atoms with Crippen molar-refractivity contribution in [2.75, 3.05) is 9.80 Å². The van der Waals surface area contributed by atoms with Gasteiger partial charge in [-0.15, -0.1) is 0 Å². The fourth-order valence-corrected chi connectivity index (χ4v) is 13.0. The standard InChI is InChI=1S/C62H64N2/c1-60(2,3)46-36-38-62(39-37-46,47-24-30-52(31-25-47)63(49-14-8-6-9-15-49)51-28-22-44(23-29-51)57-41-43-20-21-45(57)40-43)48-26-32-53(33-27-48)64(50-16-10-7-11-17-50)54-34-35-56-55-18-12-13-19-58(55)61(4,5)59(56)42-54/h6-19,22-35,42-43,45-46,57H,20-21,36-41H2,1-5H3. The summed E-state index contributed by atoms with van der Waals surface area (Å²) in [5, 5.41) is 0. The molecule has 0 heterocycles. The molecule has 3 atom stereocenters. The molecule has 0 radical (unpaired) electrons. The molecule has 4 aliphatic rings. The summed E-state index contributed by atoms with van der Waals surface area (Å²) in [4.78, 5) is 4.90. The van der Waals surface area contributed by atoms with E-state index in [-0.39, 0.29) is 10.8 Å². The predicted octanol–water partition coefficient (Wildman–Crippen LogP) is 17.4. The van der Waals surface area contributed by atoms with Crippen LogP contribution in [0.4, 0.5) is 34.1 Å². The molecule has 0 aliphatic heterocycles. The Labute approximate surface area is 383 Å². The highest BCUT2D eigenvalue weighted by atomic mass is 15.1. The maximum absolute atomic E-state index is 2.46. The van der Waals surface area contributed by atoms with Crippen molar-refractivity contribution >= 4 is 34.1 Å². The molecule has 2 nitrogen and oxygen atoms in total. The van der Waals surface area contributed by atoms with Crippen LogP contribution in [0.5, 0.6) is 0 Å². The van der Waals surface area contributed by atoms with E-state index in [0.717, 1.165) is 30.6 Å². The van der Waals surface area contributed by atoms with Crippen LogP contribution in [0.2, 0.25) is 0 Å². The third-order valence-corrected chi connectivity index (χ3v) is 16.6. The van der Waals surface area contributed by atoms with Crippen molar-refractivity contribution < 1.29 is 0 Å². The Bertz CT molecular complexity index is 2730. The van der Waals surface area contributed by atoms with Crippen LogP contribution in [0.1, 0.15) is 120 Å². The first-order chi connectivity index (χ1) is 31.1. The molecule has 0 amide bonds. The molecule has 11 rings (SSSR count). The van der Waals surface area contributed by atoms with Gasteiger partial charge in [-0.1, -0.05) is 144 Å². The normalized spacial score (nSPS) is 23.1. The topological polar surface area (TPSA) is 6.48 Å². The molecule has 0 saturated heterocycles. The zero-order chi connectivity index (χ0) is 43.6. The van der Waals surface area contributed by atoms with E-state index in [1.165, 1.54) is 112 Å². The minimum absolute atomic E-state index is 0.0698. The van der Waals surface area contributed by atoms with E-state index in [9.17, 15) is 0 Å². The molecule has 3 fully saturated rings. The van der Waals surface area contributed by atoms with Gasteiger partial charge in [0.25, 0.3) is 0 Å². The van der Waals surface area contributed by atoms with Gasteiger partial charge in [0.2, 0.25) is 0 Å². The van der Waals surface area contributed by atoms with Gasteiger partial charge in [-0.2, -0.15) is 0 Å². The molecular formula is C62H64N2. The maximum atomic E-state index is 2.46. The van der Waals surface area contributed by atoms with Crippen molar-refractivity contribution in [3.8, 4) is 11.1 Å². The first-order valence-electron chi connectivity index (χ1n) is 24.3. The zero-order valence-corrected chi connectivity index (χ0v) is 38.6. The van der Waals surface area contributed by atoms with Crippen LogP contribution in [0.15, 0.2) is 176 Å². The van der Waals surface area contributed by atoms with Crippen molar-refractivity contribution in [2.24, 2.45) is 23.2 Å². The largest absolute Gasteiger partial charge is 0.311 e. The third kappa shape index (κ3) is 7.09. The first-order valence-corrected chi connectivity index (χ1v) is 24.3. The molecule has 2 heteroatoms. The molecule has 322 valence electrons. The number of hydrogen-bond acceptors (Lipinski definition) is 2. The fraction of sp³-hybridized carbons (Fsp3) is 0.323. The van der Waals surface area contributed by atoms with Gasteiger partial charge in [0.15, 0.2) is 0 Å². The summed E-state index contributed by atoms with van der Waals surface area (Å²) in [6, 6.07) is 66.9. The molecule has 0 N–H and O–H groups in total. The molecule has 3 saturated carbocycles. The molecule has 0 spiro atoms. The molecule has 7 aromatic rings.